The standard InChI is InChI=1S/C19H25ClN4O2/c1-19(2,3)26-18(25)24-10-8-13(9-11-24)4-7-15-16(21-14-5-6-14)12-17(20)23-22-15/h12-14H,5-6,8-11H2,1-3H3,(H,21,23). The van der Waals surface area contributed by atoms with Crippen LogP contribution < -0.4 is 5.32 Å². The summed E-state index contributed by atoms with van der Waals surface area (Å²) in [5.41, 5.74) is 1.02. The zero-order valence-corrected chi connectivity index (χ0v) is 16.3. The predicted octanol–water partition coefficient (Wildman–Crippen LogP) is 3.70. The van der Waals surface area contributed by atoms with Gasteiger partial charge in [-0.25, -0.2) is 4.79 Å². The Hall–Kier alpha value is -2.00. The molecule has 1 aliphatic carbocycles. The highest BCUT2D eigenvalue weighted by Gasteiger charge is 2.26. The first-order valence-electron chi connectivity index (χ1n) is 9.09. The summed E-state index contributed by atoms with van der Waals surface area (Å²) < 4.78 is 5.42. The fourth-order valence-electron chi connectivity index (χ4n) is 2.72. The minimum Gasteiger partial charge on any atom is -0.444 e. The molecule has 1 aromatic heterocycles. The number of anilines is 1. The number of nitrogens with one attached hydrogen (secondary N) is 1. The first kappa shape index (κ1) is 18.8. The Labute approximate surface area is 159 Å². The lowest BCUT2D eigenvalue weighted by Crippen LogP contribution is -2.41. The molecule has 1 saturated heterocycles. The minimum atomic E-state index is -0.466. The Bertz CT molecular complexity index is 723. The van der Waals surface area contributed by atoms with Gasteiger partial charge in [-0.05, 0) is 52.4 Å². The Morgan fingerprint density at radius 3 is 2.58 bits per heavy atom. The van der Waals surface area contributed by atoms with Crippen molar-refractivity contribution in [3.8, 4) is 11.8 Å². The van der Waals surface area contributed by atoms with Crippen molar-refractivity contribution in [3.05, 3.63) is 16.9 Å². The fraction of sp³-hybridized carbons (Fsp3) is 0.632. The van der Waals surface area contributed by atoms with E-state index in [2.05, 4.69) is 27.4 Å². The van der Waals surface area contributed by atoms with Crippen LogP contribution in [-0.2, 0) is 4.74 Å². The van der Waals surface area contributed by atoms with Crippen molar-refractivity contribution in [2.24, 2.45) is 5.92 Å². The third-order valence-corrected chi connectivity index (χ3v) is 4.43. The van der Waals surface area contributed by atoms with Crippen molar-refractivity contribution in [2.75, 3.05) is 18.4 Å². The number of hydrogen-bond acceptors (Lipinski definition) is 5. The Kier molecular flexibility index (Phi) is 5.57. The van der Waals surface area contributed by atoms with E-state index in [9.17, 15) is 4.79 Å². The molecule has 2 fully saturated rings. The largest absolute Gasteiger partial charge is 0.444 e. The zero-order chi connectivity index (χ0) is 18.7. The number of ether oxygens (including phenoxy) is 1. The van der Waals surface area contributed by atoms with Crippen LogP contribution >= 0.6 is 11.6 Å². The molecule has 1 N–H and O–H groups in total. The lowest BCUT2D eigenvalue weighted by molar-refractivity contribution is 0.0199. The highest BCUT2D eigenvalue weighted by Crippen LogP contribution is 2.27. The minimum absolute atomic E-state index is 0.236. The van der Waals surface area contributed by atoms with Gasteiger partial charge >= 0.3 is 6.09 Å². The summed E-state index contributed by atoms with van der Waals surface area (Å²) in [5.74, 6) is 6.67. The molecule has 0 unspecified atom stereocenters. The summed E-state index contributed by atoms with van der Waals surface area (Å²) in [6, 6.07) is 2.27. The summed E-state index contributed by atoms with van der Waals surface area (Å²) in [7, 11) is 0. The smallest absolute Gasteiger partial charge is 0.410 e. The van der Waals surface area contributed by atoms with Crippen LogP contribution in [0.25, 0.3) is 0 Å². The zero-order valence-electron chi connectivity index (χ0n) is 15.5. The fourth-order valence-corrected chi connectivity index (χ4v) is 2.87. The van der Waals surface area contributed by atoms with Gasteiger partial charge in [0.25, 0.3) is 0 Å². The second kappa shape index (κ2) is 7.71. The molecule has 0 bridgehead atoms. The van der Waals surface area contributed by atoms with Crippen LogP contribution in [0.4, 0.5) is 10.5 Å². The van der Waals surface area contributed by atoms with E-state index in [-0.39, 0.29) is 12.0 Å². The quantitative estimate of drug-likeness (QED) is 0.797. The van der Waals surface area contributed by atoms with Crippen molar-refractivity contribution in [3.63, 3.8) is 0 Å². The van der Waals surface area contributed by atoms with Gasteiger partial charge < -0.3 is 15.0 Å². The van der Waals surface area contributed by atoms with E-state index in [1.165, 1.54) is 0 Å². The summed E-state index contributed by atoms with van der Waals surface area (Å²) in [6.07, 6.45) is 3.74. The number of piperidine rings is 1. The van der Waals surface area contributed by atoms with Crippen LogP contribution in [0.5, 0.6) is 0 Å². The van der Waals surface area contributed by atoms with E-state index in [4.69, 9.17) is 16.3 Å². The van der Waals surface area contributed by atoms with Crippen molar-refractivity contribution < 1.29 is 9.53 Å². The molecule has 1 saturated carbocycles. The van der Waals surface area contributed by atoms with Crippen LogP contribution in [0, 0.1) is 17.8 Å². The number of carbonyl (C=O) groups is 1. The third kappa shape index (κ3) is 5.50. The second-order valence-electron chi connectivity index (χ2n) is 7.86. The van der Waals surface area contributed by atoms with Gasteiger partial charge in [0.15, 0.2) is 10.8 Å². The molecule has 2 aliphatic rings. The van der Waals surface area contributed by atoms with Gasteiger partial charge in [0, 0.05) is 31.1 Å². The predicted molar refractivity (Wildman–Crippen MR) is 101 cm³/mol. The van der Waals surface area contributed by atoms with Gasteiger partial charge in [-0.2, -0.15) is 0 Å². The van der Waals surface area contributed by atoms with Gasteiger partial charge in [0.05, 0.1) is 5.69 Å². The van der Waals surface area contributed by atoms with Crippen LogP contribution in [-0.4, -0.2) is 45.9 Å². The number of carbonyl (C=O) groups excluding carboxylic acids is 1. The second-order valence-corrected chi connectivity index (χ2v) is 8.25. The van der Waals surface area contributed by atoms with Crippen molar-refractivity contribution in [1.29, 1.82) is 0 Å². The molecule has 0 radical (unpaired) electrons. The first-order chi connectivity index (χ1) is 12.3. The van der Waals surface area contributed by atoms with E-state index < -0.39 is 5.60 Å². The third-order valence-electron chi connectivity index (χ3n) is 4.24. The van der Waals surface area contributed by atoms with Gasteiger partial charge in [-0.1, -0.05) is 17.5 Å². The van der Waals surface area contributed by atoms with Crippen molar-refractivity contribution in [2.45, 2.75) is 58.1 Å². The van der Waals surface area contributed by atoms with Crippen molar-refractivity contribution in [1.82, 2.24) is 15.1 Å². The summed E-state index contributed by atoms with van der Waals surface area (Å²) in [4.78, 5) is 13.9. The summed E-state index contributed by atoms with van der Waals surface area (Å²) in [6.45, 7) is 6.96. The Balaban J connectivity index is 1.58. The van der Waals surface area contributed by atoms with E-state index in [1.54, 1.807) is 11.0 Å². The number of aromatic nitrogens is 2. The molecule has 7 heteroatoms. The van der Waals surface area contributed by atoms with Crippen LogP contribution in [0.1, 0.15) is 52.1 Å². The van der Waals surface area contributed by atoms with Crippen LogP contribution in [0.3, 0.4) is 0 Å². The van der Waals surface area contributed by atoms with E-state index >= 15 is 0 Å². The summed E-state index contributed by atoms with van der Waals surface area (Å²) >= 11 is 5.95. The van der Waals surface area contributed by atoms with Gasteiger partial charge in [-0.3, -0.25) is 0 Å². The maximum absolute atomic E-state index is 12.1. The molecule has 6 nitrogen and oxygen atoms in total. The van der Waals surface area contributed by atoms with E-state index in [1.807, 2.05) is 20.8 Å². The first-order valence-corrected chi connectivity index (χ1v) is 9.47. The molecule has 3 rings (SSSR count). The Morgan fingerprint density at radius 1 is 1.27 bits per heavy atom. The van der Waals surface area contributed by atoms with E-state index in [0.29, 0.717) is 30.0 Å². The molecule has 0 aromatic carbocycles. The maximum Gasteiger partial charge on any atom is 0.410 e. The number of halogens is 1. The van der Waals surface area contributed by atoms with Crippen LogP contribution in [0.2, 0.25) is 5.15 Å². The molecule has 0 atom stereocenters. The van der Waals surface area contributed by atoms with Gasteiger partial charge in [0.2, 0.25) is 0 Å². The molecule has 1 aliphatic heterocycles. The molecule has 26 heavy (non-hydrogen) atoms. The lowest BCUT2D eigenvalue weighted by Gasteiger charge is -2.31. The molecule has 0 spiro atoms. The highest BCUT2D eigenvalue weighted by atomic mass is 35.5. The van der Waals surface area contributed by atoms with Gasteiger partial charge in [0.1, 0.15) is 5.60 Å². The monoisotopic (exact) mass is 376 g/mol. The molecule has 1 aromatic rings. The molecule has 140 valence electrons. The number of hydrogen-bond donors (Lipinski definition) is 1. The lowest BCUT2D eigenvalue weighted by atomic mass is 9.97. The number of nitrogens with zero attached hydrogens (tertiary/aromatic N) is 3. The van der Waals surface area contributed by atoms with Gasteiger partial charge in [-0.15, -0.1) is 10.2 Å². The topological polar surface area (TPSA) is 67.3 Å². The molecule has 2 heterocycles. The van der Waals surface area contributed by atoms with E-state index in [0.717, 1.165) is 31.4 Å². The average molecular weight is 377 g/mol. The molecular weight excluding hydrogens is 352 g/mol. The van der Waals surface area contributed by atoms with Crippen molar-refractivity contribution >= 4 is 23.4 Å². The molecular formula is C19H25ClN4O2. The number of amides is 1. The SMILES string of the molecule is CC(C)(C)OC(=O)N1CCC(C#Cc2nnc(Cl)cc2NC2CC2)CC1. The maximum atomic E-state index is 12.1. The molecule has 1 amide bonds. The number of likely N-dealkylation sites (tertiary alicyclic amines) is 1. The normalized spacial score (nSPS) is 18.1. The highest BCUT2D eigenvalue weighted by molar-refractivity contribution is 6.29. The average Bonchev–Trinajstić information content (AvgIpc) is 3.37. The Morgan fingerprint density at radius 2 is 1.96 bits per heavy atom. The summed E-state index contributed by atoms with van der Waals surface area (Å²) in [5, 5.41) is 11.8. The van der Waals surface area contributed by atoms with Crippen LogP contribution in [0.15, 0.2) is 6.07 Å². The number of rotatable bonds is 2.